The zero-order valence-corrected chi connectivity index (χ0v) is 19.4. The van der Waals surface area contributed by atoms with E-state index in [9.17, 15) is 9.59 Å². The first kappa shape index (κ1) is 22.9. The Morgan fingerprint density at radius 1 is 1.09 bits per heavy atom. The molecule has 2 heterocycles. The average molecular weight is 452 g/mol. The van der Waals surface area contributed by atoms with Crippen LogP contribution < -0.4 is 14.9 Å². The molecule has 1 aromatic heterocycles. The molecule has 3 aromatic rings. The number of methoxy groups -OCH3 is 1. The van der Waals surface area contributed by atoms with Crippen LogP contribution in [0, 0.1) is 0 Å². The van der Waals surface area contributed by atoms with Gasteiger partial charge in [-0.15, -0.1) is 0 Å². The van der Waals surface area contributed by atoms with Crippen LogP contribution >= 0.6 is 0 Å². The number of nitrogens with zero attached hydrogens (tertiary/aromatic N) is 1. The Morgan fingerprint density at radius 2 is 1.88 bits per heavy atom. The topological polar surface area (TPSA) is 78.2 Å². The quantitative estimate of drug-likeness (QED) is 0.444. The molecule has 1 amide bonds. The first-order valence-electron chi connectivity index (χ1n) is 11.2. The molecule has 0 bridgehead atoms. The average Bonchev–Trinajstić information content (AvgIpc) is 3.09. The Hall–Kier alpha value is -3.32. The predicted octanol–water partition coefficient (Wildman–Crippen LogP) is 4.56. The third-order valence-corrected chi connectivity index (χ3v) is 5.67. The summed E-state index contributed by atoms with van der Waals surface area (Å²) in [4.78, 5) is 28.6. The standard InChI is InChI=1S/C26H29NO6/c1-5-31-20-12-11-17(15-21(20)30-4)23-22-24(28)18-9-6-7-10-19(18)33-25(22)26(29)27(23)13-8-14-32-16(2)3/h6-7,9-12,15-16,23H,5,8,13-14H2,1-4H3/t23-/m0/s1. The molecule has 1 aliphatic heterocycles. The monoisotopic (exact) mass is 451 g/mol. The van der Waals surface area contributed by atoms with E-state index < -0.39 is 6.04 Å². The van der Waals surface area contributed by atoms with Crippen molar-refractivity contribution in [3.63, 3.8) is 0 Å². The number of carbonyl (C=O) groups excluding carboxylic acids is 1. The highest BCUT2D eigenvalue weighted by Gasteiger charge is 2.42. The number of benzene rings is 2. The smallest absolute Gasteiger partial charge is 0.290 e. The van der Waals surface area contributed by atoms with E-state index in [1.165, 1.54) is 0 Å². The van der Waals surface area contributed by atoms with Crippen molar-refractivity contribution in [2.24, 2.45) is 0 Å². The number of amides is 1. The van der Waals surface area contributed by atoms with Gasteiger partial charge in [-0.3, -0.25) is 9.59 Å². The maximum atomic E-state index is 13.5. The van der Waals surface area contributed by atoms with E-state index in [4.69, 9.17) is 18.6 Å². The lowest BCUT2D eigenvalue weighted by molar-refractivity contribution is 0.0593. The van der Waals surface area contributed by atoms with Crippen LogP contribution in [0.1, 0.15) is 54.9 Å². The summed E-state index contributed by atoms with van der Waals surface area (Å²) in [6.45, 7) is 7.28. The molecular formula is C26H29NO6. The van der Waals surface area contributed by atoms with E-state index in [1.807, 2.05) is 39.0 Å². The van der Waals surface area contributed by atoms with Crippen molar-refractivity contribution in [2.75, 3.05) is 26.9 Å². The second kappa shape index (κ2) is 9.67. The van der Waals surface area contributed by atoms with Crippen molar-refractivity contribution in [2.45, 2.75) is 39.3 Å². The molecule has 0 fully saturated rings. The van der Waals surface area contributed by atoms with Gasteiger partial charge in [0.05, 0.1) is 36.8 Å². The highest BCUT2D eigenvalue weighted by Crippen LogP contribution is 2.41. The van der Waals surface area contributed by atoms with Crippen LogP contribution in [0.5, 0.6) is 11.5 Å². The summed E-state index contributed by atoms with van der Waals surface area (Å²) in [5, 5.41) is 0.456. The molecule has 1 atom stereocenters. The molecule has 4 rings (SSSR count). The summed E-state index contributed by atoms with van der Waals surface area (Å²) >= 11 is 0. The second-order valence-electron chi connectivity index (χ2n) is 8.19. The zero-order valence-electron chi connectivity index (χ0n) is 19.4. The summed E-state index contributed by atoms with van der Waals surface area (Å²) in [7, 11) is 1.57. The summed E-state index contributed by atoms with van der Waals surface area (Å²) in [5.74, 6) is 0.954. The van der Waals surface area contributed by atoms with E-state index in [2.05, 4.69) is 0 Å². The Kier molecular flexibility index (Phi) is 6.70. The first-order valence-corrected chi connectivity index (χ1v) is 11.2. The number of ether oxygens (including phenoxy) is 3. The molecule has 1 aliphatic rings. The van der Waals surface area contributed by atoms with Crippen molar-refractivity contribution >= 4 is 16.9 Å². The number of para-hydroxylation sites is 1. The molecule has 33 heavy (non-hydrogen) atoms. The van der Waals surface area contributed by atoms with Gasteiger partial charge < -0.3 is 23.5 Å². The number of carbonyl (C=O) groups is 1. The van der Waals surface area contributed by atoms with Crippen molar-refractivity contribution in [1.29, 1.82) is 0 Å². The molecule has 0 saturated heterocycles. The highest BCUT2D eigenvalue weighted by atomic mass is 16.5. The first-order chi connectivity index (χ1) is 16.0. The minimum Gasteiger partial charge on any atom is -0.493 e. The van der Waals surface area contributed by atoms with Crippen LogP contribution in [-0.2, 0) is 4.74 Å². The van der Waals surface area contributed by atoms with Gasteiger partial charge in [-0.2, -0.15) is 0 Å². The fourth-order valence-electron chi connectivity index (χ4n) is 4.23. The van der Waals surface area contributed by atoms with Gasteiger partial charge in [-0.1, -0.05) is 18.2 Å². The molecule has 0 aliphatic carbocycles. The van der Waals surface area contributed by atoms with Crippen molar-refractivity contribution in [3.8, 4) is 11.5 Å². The fraction of sp³-hybridized carbons (Fsp3) is 0.385. The van der Waals surface area contributed by atoms with Crippen LogP contribution in [0.25, 0.3) is 11.0 Å². The maximum absolute atomic E-state index is 13.5. The van der Waals surface area contributed by atoms with Crippen LogP contribution in [0.3, 0.4) is 0 Å². The molecule has 0 saturated carbocycles. The van der Waals surface area contributed by atoms with E-state index in [-0.39, 0.29) is 23.2 Å². The van der Waals surface area contributed by atoms with Gasteiger partial charge in [-0.05, 0) is 57.0 Å². The number of rotatable bonds is 9. The third kappa shape index (κ3) is 4.33. The summed E-state index contributed by atoms with van der Waals surface area (Å²) < 4.78 is 22.8. The molecule has 0 spiro atoms. The van der Waals surface area contributed by atoms with Gasteiger partial charge >= 0.3 is 0 Å². The molecule has 7 heteroatoms. The SMILES string of the molecule is CCOc1ccc([C@H]2c3c(oc4ccccc4c3=O)C(=O)N2CCCOC(C)C)cc1OC. The minimum atomic E-state index is -0.586. The number of hydrogen-bond acceptors (Lipinski definition) is 6. The highest BCUT2D eigenvalue weighted by molar-refractivity contribution is 5.99. The molecular weight excluding hydrogens is 422 g/mol. The van der Waals surface area contributed by atoms with Gasteiger partial charge in [0.2, 0.25) is 5.76 Å². The second-order valence-corrected chi connectivity index (χ2v) is 8.19. The number of hydrogen-bond donors (Lipinski definition) is 0. The molecule has 0 unspecified atom stereocenters. The molecule has 0 N–H and O–H groups in total. The van der Waals surface area contributed by atoms with Crippen LogP contribution in [0.4, 0.5) is 0 Å². The molecule has 174 valence electrons. The fourth-order valence-corrected chi connectivity index (χ4v) is 4.23. The summed E-state index contributed by atoms with van der Waals surface area (Å²) in [6, 6.07) is 11.9. The van der Waals surface area contributed by atoms with Gasteiger partial charge in [-0.25, -0.2) is 0 Å². The van der Waals surface area contributed by atoms with Gasteiger partial charge in [0.15, 0.2) is 16.9 Å². The normalized spacial score (nSPS) is 15.4. The van der Waals surface area contributed by atoms with Crippen LogP contribution in [0.2, 0.25) is 0 Å². The van der Waals surface area contributed by atoms with Crippen molar-refractivity contribution in [3.05, 3.63) is 69.6 Å². The lowest BCUT2D eigenvalue weighted by atomic mass is 9.98. The van der Waals surface area contributed by atoms with Crippen molar-refractivity contribution in [1.82, 2.24) is 4.90 Å². The van der Waals surface area contributed by atoms with Gasteiger partial charge in [0.1, 0.15) is 5.58 Å². The molecule has 7 nitrogen and oxygen atoms in total. The van der Waals surface area contributed by atoms with E-state index in [0.717, 1.165) is 5.56 Å². The Morgan fingerprint density at radius 3 is 2.61 bits per heavy atom. The molecule has 0 radical (unpaired) electrons. The third-order valence-electron chi connectivity index (χ3n) is 5.67. The van der Waals surface area contributed by atoms with Crippen molar-refractivity contribution < 1.29 is 23.4 Å². The van der Waals surface area contributed by atoms with E-state index in [0.29, 0.717) is 54.2 Å². The Labute approximate surface area is 192 Å². The summed E-state index contributed by atoms with van der Waals surface area (Å²) in [5.41, 5.74) is 1.33. The number of fused-ring (bicyclic) bond motifs is 2. The lowest BCUT2D eigenvalue weighted by Gasteiger charge is -2.26. The van der Waals surface area contributed by atoms with E-state index >= 15 is 0 Å². The Bertz CT molecular complexity index is 1220. The maximum Gasteiger partial charge on any atom is 0.290 e. The van der Waals surface area contributed by atoms with Gasteiger partial charge in [0.25, 0.3) is 5.91 Å². The van der Waals surface area contributed by atoms with E-state index in [1.54, 1.807) is 36.3 Å². The lowest BCUT2D eigenvalue weighted by Crippen LogP contribution is -2.31. The van der Waals surface area contributed by atoms with Gasteiger partial charge in [0, 0.05) is 13.2 Å². The largest absolute Gasteiger partial charge is 0.493 e. The van der Waals surface area contributed by atoms with Crippen LogP contribution in [0.15, 0.2) is 51.7 Å². The molecule has 2 aromatic carbocycles. The summed E-state index contributed by atoms with van der Waals surface area (Å²) in [6.07, 6.45) is 0.743. The Balaban J connectivity index is 1.81. The predicted molar refractivity (Wildman–Crippen MR) is 125 cm³/mol. The zero-order chi connectivity index (χ0) is 23.5. The van der Waals surface area contributed by atoms with Crippen LogP contribution in [-0.4, -0.2) is 43.8 Å². The minimum absolute atomic E-state index is 0.0985.